The standard InChI is InChI=1S/C17H20N4O2/c1-21(13-14-5-3-2-4-6-14)10-9-18-17(22)15-7-8-16(12-20-23)19-11-15/h2-8,11-12,23H,9-10,13H2,1H3,(H,18,22)/b20-12+. The Morgan fingerprint density at radius 2 is 2.09 bits per heavy atom. The predicted octanol–water partition coefficient (Wildman–Crippen LogP) is 1.75. The lowest BCUT2D eigenvalue weighted by Gasteiger charge is -2.17. The van der Waals surface area contributed by atoms with E-state index in [1.807, 2.05) is 25.2 Å². The first-order valence-electron chi connectivity index (χ1n) is 7.33. The topological polar surface area (TPSA) is 77.8 Å². The molecule has 0 aliphatic rings. The van der Waals surface area contributed by atoms with Gasteiger partial charge in [-0.15, -0.1) is 0 Å². The Kier molecular flexibility index (Phi) is 6.26. The van der Waals surface area contributed by atoms with Crippen LogP contribution < -0.4 is 5.32 Å². The number of carbonyl (C=O) groups excluding carboxylic acids is 1. The monoisotopic (exact) mass is 312 g/mol. The normalized spacial score (nSPS) is 11.0. The largest absolute Gasteiger partial charge is 0.411 e. The number of pyridine rings is 1. The number of amides is 1. The maximum atomic E-state index is 12.0. The number of carbonyl (C=O) groups is 1. The average Bonchev–Trinajstić information content (AvgIpc) is 2.56. The number of nitrogens with one attached hydrogen (secondary N) is 1. The first-order valence-corrected chi connectivity index (χ1v) is 7.33. The number of hydrogen-bond donors (Lipinski definition) is 2. The molecule has 0 radical (unpaired) electrons. The van der Waals surface area contributed by atoms with Gasteiger partial charge in [-0.2, -0.15) is 0 Å². The lowest BCUT2D eigenvalue weighted by atomic mass is 10.2. The molecule has 1 heterocycles. The smallest absolute Gasteiger partial charge is 0.252 e. The molecule has 120 valence electrons. The Morgan fingerprint density at radius 3 is 2.74 bits per heavy atom. The minimum absolute atomic E-state index is 0.168. The van der Waals surface area contributed by atoms with Crippen LogP contribution in [-0.4, -0.2) is 47.4 Å². The van der Waals surface area contributed by atoms with Crippen molar-refractivity contribution in [2.75, 3.05) is 20.1 Å². The highest BCUT2D eigenvalue weighted by molar-refractivity contribution is 5.94. The zero-order valence-electron chi connectivity index (χ0n) is 13.0. The summed E-state index contributed by atoms with van der Waals surface area (Å²) in [5.74, 6) is -0.168. The first-order chi connectivity index (χ1) is 11.2. The van der Waals surface area contributed by atoms with Gasteiger partial charge in [-0.25, -0.2) is 0 Å². The fraction of sp³-hybridized carbons (Fsp3) is 0.235. The van der Waals surface area contributed by atoms with Crippen LogP contribution in [0.4, 0.5) is 0 Å². The van der Waals surface area contributed by atoms with E-state index in [0.29, 0.717) is 17.8 Å². The summed E-state index contributed by atoms with van der Waals surface area (Å²) in [5.41, 5.74) is 2.21. The van der Waals surface area contributed by atoms with E-state index in [0.717, 1.165) is 13.1 Å². The molecule has 0 aliphatic carbocycles. The van der Waals surface area contributed by atoms with Crippen LogP contribution in [0.3, 0.4) is 0 Å². The number of aromatic nitrogens is 1. The van der Waals surface area contributed by atoms with Gasteiger partial charge >= 0.3 is 0 Å². The molecule has 1 aromatic carbocycles. The average molecular weight is 312 g/mol. The number of oxime groups is 1. The summed E-state index contributed by atoms with van der Waals surface area (Å²) in [4.78, 5) is 18.2. The summed E-state index contributed by atoms with van der Waals surface area (Å²) in [7, 11) is 2.02. The molecular formula is C17H20N4O2. The minimum atomic E-state index is -0.168. The number of rotatable bonds is 7. The van der Waals surface area contributed by atoms with E-state index in [1.54, 1.807) is 12.1 Å². The number of hydrogen-bond acceptors (Lipinski definition) is 5. The van der Waals surface area contributed by atoms with Crippen LogP contribution in [0.15, 0.2) is 53.8 Å². The van der Waals surface area contributed by atoms with Gasteiger partial charge in [0.2, 0.25) is 0 Å². The van der Waals surface area contributed by atoms with Gasteiger partial charge < -0.3 is 15.4 Å². The summed E-state index contributed by atoms with van der Waals surface area (Å²) in [6, 6.07) is 13.5. The van der Waals surface area contributed by atoms with E-state index < -0.39 is 0 Å². The molecule has 0 aliphatic heterocycles. The van der Waals surface area contributed by atoms with Crippen molar-refractivity contribution in [1.82, 2.24) is 15.2 Å². The predicted molar refractivity (Wildman–Crippen MR) is 88.7 cm³/mol. The van der Waals surface area contributed by atoms with E-state index in [-0.39, 0.29) is 5.91 Å². The molecule has 0 saturated heterocycles. The molecule has 0 spiro atoms. The molecule has 1 amide bonds. The first kappa shape index (κ1) is 16.6. The molecular weight excluding hydrogens is 292 g/mol. The van der Waals surface area contributed by atoms with Crippen molar-refractivity contribution in [2.24, 2.45) is 5.16 Å². The van der Waals surface area contributed by atoms with Gasteiger partial charge in [0.05, 0.1) is 17.5 Å². The van der Waals surface area contributed by atoms with Crippen LogP contribution in [0.5, 0.6) is 0 Å². The minimum Gasteiger partial charge on any atom is -0.411 e. The van der Waals surface area contributed by atoms with Crippen LogP contribution in [0.2, 0.25) is 0 Å². The molecule has 2 N–H and O–H groups in total. The third kappa shape index (κ3) is 5.52. The zero-order valence-corrected chi connectivity index (χ0v) is 13.0. The van der Waals surface area contributed by atoms with Gasteiger partial charge in [-0.3, -0.25) is 9.78 Å². The Hall–Kier alpha value is -2.73. The van der Waals surface area contributed by atoms with Gasteiger partial charge in [0.15, 0.2) is 0 Å². The molecule has 6 nitrogen and oxygen atoms in total. The second-order valence-electron chi connectivity index (χ2n) is 5.20. The van der Waals surface area contributed by atoms with E-state index in [1.165, 1.54) is 18.0 Å². The molecule has 0 unspecified atom stereocenters. The van der Waals surface area contributed by atoms with E-state index in [2.05, 4.69) is 32.5 Å². The molecule has 0 saturated carbocycles. The molecule has 2 rings (SSSR count). The number of likely N-dealkylation sites (N-methyl/N-ethyl adjacent to an activating group) is 1. The van der Waals surface area contributed by atoms with Crippen LogP contribution in [0.25, 0.3) is 0 Å². The Bertz CT molecular complexity index is 641. The second kappa shape index (κ2) is 8.65. The summed E-state index contributed by atoms with van der Waals surface area (Å²) < 4.78 is 0. The van der Waals surface area contributed by atoms with E-state index in [9.17, 15) is 4.79 Å². The van der Waals surface area contributed by atoms with Crippen molar-refractivity contribution in [1.29, 1.82) is 0 Å². The third-order valence-corrected chi connectivity index (χ3v) is 3.31. The van der Waals surface area contributed by atoms with E-state index >= 15 is 0 Å². The van der Waals surface area contributed by atoms with Crippen LogP contribution in [-0.2, 0) is 6.54 Å². The second-order valence-corrected chi connectivity index (χ2v) is 5.20. The summed E-state index contributed by atoms with van der Waals surface area (Å²) in [6.45, 7) is 2.15. The van der Waals surface area contributed by atoms with Crippen molar-refractivity contribution < 1.29 is 10.0 Å². The van der Waals surface area contributed by atoms with Gasteiger partial charge in [0, 0.05) is 25.8 Å². The molecule has 23 heavy (non-hydrogen) atoms. The molecule has 6 heteroatoms. The van der Waals surface area contributed by atoms with Gasteiger partial charge in [0.1, 0.15) is 0 Å². The molecule has 0 fully saturated rings. The summed E-state index contributed by atoms with van der Waals surface area (Å²) in [6.07, 6.45) is 2.67. The van der Waals surface area contributed by atoms with Crippen LogP contribution in [0, 0.1) is 0 Å². The van der Waals surface area contributed by atoms with Crippen molar-refractivity contribution in [3.8, 4) is 0 Å². The molecule has 0 bridgehead atoms. The highest BCUT2D eigenvalue weighted by Crippen LogP contribution is 2.02. The fourth-order valence-corrected chi connectivity index (χ4v) is 2.11. The Balaban J connectivity index is 1.75. The van der Waals surface area contributed by atoms with Gasteiger partial charge in [0.25, 0.3) is 5.91 Å². The fourth-order valence-electron chi connectivity index (χ4n) is 2.11. The number of nitrogens with zero attached hydrogens (tertiary/aromatic N) is 3. The van der Waals surface area contributed by atoms with Crippen LogP contribution >= 0.6 is 0 Å². The third-order valence-electron chi connectivity index (χ3n) is 3.31. The Morgan fingerprint density at radius 1 is 1.30 bits per heavy atom. The highest BCUT2D eigenvalue weighted by Gasteiger charge is 2.06. The van der Waals surface area contributed by atoms with Crippen LogP contribution in [0.1, 0.15) is 21.6 Å². The summed E-state index contributed by atoms with van der Waals surface area (Å²) in [5, 5.41) is 14.2. The quantitative estimate of drug-likeness (QED) is 0.464. The molecule has 1 aromatic heterocycles. The maximum Gasteiger partial charge on any atom is 0.252 e. The molecule has 0 atom stereocenters. The van der Waals surface area contributed by atoms with Crippen molar-refractivity contribution in [3.05, 3.63) is 65.5 Å². The summed E-state index contributed by atoms with van der Waals surface area (Å²) >= 11 is 0. The lowest BCUT2D eigenvalue weighted by Crippen LogP contribution is -2.32. The Labute approximate surface area is 135 Å². The van der Waals surface area contributed by atoms with Gasteiger partial charge in [-0.05, 0) is 24.7 Å². The van der Waals surface area contributed by atoms with Crippen molar-refractivity contribution in [2.45, 2.75) is 6.54 Å². The molecule has 2 aromatic rings. The zero-order chi connectivity index (χ0) is 16.5. The maximum absolute atomic E-state index is 12.0. The van der Waals surface area contributed by atoms with Gasteiger partial charge in [-0.1, -0.05) is 35.5 Å². The van der Waals surface area contributed by atoms with Crippen molar-refractivity contribution >= 4 is 12.1 Å². The number of benzene rings is 1. The highest BCUT2D eigenvalue weighted by atomic mass is 16.4. The SMILES string of the molecule is CN(CCNC(=O)c1ccc(/C=N/O)nc1)Cc1ccccc1. The van der Waals surface area contributed by atoms with E-state index in [4.69, 9.17) is 5.21 Å². The van der Waals surface area contributed by atoms with Crippen molar-refractivity contribution in [3.63, 3.8) is 0 Å². The lowest BCUT2D eigenvalue weighted by molar-refractivity contribution is 0.0949.